The van der Waals surface area contributed by atoms with Gasteiger partial charge in [0, 0.05) is 6.42 Å². The molecule has 1 atom stereocenters. The summed E-state index contributed by atoms with van der Waals surface area (Å²) in [7, 11) is 0. The molecule has 1 N–H and O–H groups in total. The first-order valence-corrected chi connectivity index (χ1v) is 7.89. The molecule has 0 heterocycles. The van der Waals surface area contributed by atoms with Gasteiger partial charge in [-0.05, 0) is 25.2 Å². The van der Waals surface area contributed by atoms with Crippen LogP contribution in [0.2, 0.25) is 0 Å². The molecule has 0 amide bonds. The Morgan fingerprint density at radius 1 is 1.00 bits per heavy atom. The number of ether oxygens (including phenoxy) is 1. The number of carbonyl (C=O) groups is 2. The largest absolute Gasteiger partial charge is 0.479 e. The Labute approximate surface area is 122 Å². The molecule has 4 nitrogen and oxygen atoms in total. The van der Waals surface area contributed by atoms with Crippen molar-refractivity contribution >= 4 is 11.9 Å². The van der Waals surface area contributed by atoms with E-state index in [-0.39, 0.29) is 5.97 Å². The SMILES string of the molecule is CCCCCCC(OC(=O)CCCCC(C)C)C(=O)O. The van der Waals surface area contributed by atoms with Crippen LogP contribution >= 0.6 is 0 Å². The second-order valence-corrected chi connectivity index (χ2v) is 5.81. The Kier molecular flexibility index (Phi) is 11.1. The molecule has 0 saturated heterocycles. The van der Waals surface area contributed by atoms with Crippen molar-refractivity contribution in [3.05, 3.63) is 0 Å². The summed E-state index contributed by atoms with van der Waals surface area (Å²) in [4.78, 5) is 22.6. The summed E-state index contributed by atoms with van der Waals surface area (Å²) in [6.45, 7) is 6.40. The first kappa shape index (κ1) is 18.9. The third-order valence-corrected chi connectivity index (χ3v) is 3.28. The number of esters is 1. The first-order valence-electron chi connectivity index (χ1n) is 7.89. The number of carbonyl (C=O) groups excluding carboxylic acids is 1. The Hall–Kier alpha value is -1.06. The molecule has 0 aliphatic heterocycles. The van der Waals surface area contributed by atoms with Gasteiger partial charge in [-0.2, -0.15) is 0 Å². The summed E-state index contributed by atoms with van der Waals surface area (Å²) in [6, 6.07) is 0. The second kappa shape index (κ2) is 11.7. The van der Waals surface area contributed by atoms with Crippen LogP contribution in [0.4, 0.5) is 0 Å². The van der Waals surface area contributed by atoms with Gasteiger partial charge < -0.3 is 9.84 Å². The molecule has 0 rings (SSSR count). The fourth-order valence-corrected chi connectivity index (χ4v) is 2.03. The average Bonchev–Trinajstić information content (AvgIpc) is 2.37. The molecule has 20 heavy (non-hydrogen) atoms. The summed E-state index contributed by atoms with van der Waals surface area (Å²) in [5.74, 6) is -0.773. The van der Waals surface area contributed by atoms with Gasteiger partial charge in [-0.1, -0.05) is 52.9 Å². The number of carboxylic acid groups (broad SMARTS) is 1. The van der Waals surface area contributed by atoms with Crippen molar-refractivity contribution in [2.45, 2.75) is 84.7 Å². The van der Waals surface area contributed by atoms with Crippen LogP contribution < -0.4 is 0 Å². The first-order chi connectivity index (χ1) is 9.47. The molecule has 0 aromatic rings. The lowest BCUT2D eigenvalue weighted by molar-refractivity contribution is -0.164. The Bertz CT molecular complexity index is 274. The summed E-state index contributed by atoms with van der Waals surface area (Å²) in [5.41, 5.74) is 0. The van der Waals surface area contributed by atoms with Gasteiger partial charge in [-0.15, -0.1) is 0 Å². The maximum atomic E-state index is 11.6. The molecule has 0 fully saturated rings. The quantitative estimate of drug-likeness (QED) is 0.432. The molecule has 0 radical (unpaired) electrons. The minimum atomic E-state index is -1.03. The van der Waals surface area contributed by atoms with Gasteiger partial charge in [0.05, 0.1) is 0 Å². The molecular formula is C16H30O4. The van der Waals surface area contributed by atoms with E-state index >= 15 is 0 Å². The van der Waals surface area contributed by atoms with Gasteiger partial charge in [-0.3, -0.25) is 4.79 Å². The zero-order valence-corrected chi connectivity index (χ0v) is 13.2. The molecule has 0 spiro atoms. The van der Waals surface area contributed by atoms with Crippen LogP contribution in [0.5, 0.6) is 0 Å². The number of hydrogen-bond acceptors (Lipinski definition) is 3. The van der Waals surface area contributed by atoms with E-state index in [1.165, 1.54) is 0 Å². The molecule has 118 valence electrons. The number of rotatable bonds is 12. The highest BCUT2D eigenvalue weighted by Crippen LogP contribution is 2.12. The molecule has 0 saturated carbocycles. The summed E-state index contributed by atoms with van der Waals surface area (Å²) < 4.78 is 5.06. The van der Waals surface area contributed by atoms with Crippen molar-refractivity contribution in [1.82, 2.24) is 0 Å². The number of unbranched alkanes of at least 4 members (excludes halogenated alkanes) is 4. The van der Waals surface area contributed by atoms with Crippen molar-refractivity contribution in [3.8, 4) is 0 Å². The lowest BCUT2D eigenvalue weighted by Crippen LogP contribution is -2.27. The zero-order chi connectivity index (χ0) is 15.4. The third-order valence-electron chi connectivity index (χ3n) is 3.28. The van der Waals surface area contributed by atoms with Crippen LogP contribution in [0.15, 0.2) is 0 Å². The van der Waals surface area contributed by atoms with Crippen LogP contribution in [-0.2, 0) is 14.3 Å². The molecule has 4 heteroatoms. The van der Waals surface area contributed by atoms with E-state index in [0.717, 1.165) is 44.9 Å². The molecule has 0 aliphatic carbocycles. The Morgan fingerprint density at radius 2 is 1.65 bits per heavy atom. The predicted octanol–water partition coefficient (Wildman–Crippen LogP) is 4.17. The smallest absolute Gasteiger partial charge is 0.345 e. The van der Waals surface area contributed by atoms with Crippen LogP contribution in [0.1, 0.15) is 78.6 Å². The molecule has 0 aliphatic rings. The minimum Gasteiger partial charge on any atom is -0.479 e. The number of aliphatic carboxylic acids is 1. The van der Waals surface area contributed by atoms with Gasteiger partial charge in [0.1, 0.15) is 0 Å². The van der Waals surface area contributed by atoms with Crippen LogP contribution in [-0.4, -0.2) is 23.1 Å². The molecule has 0 bridgehead atoms. The lowest BCUT2D eigenvalue weighted by Gasteiger charge is -2.13. The highest BCUT2D eigenvalue weighted by molar-refractivity contribution is 5.77. The van der Waals surface area contributed by atoms with E-state index in [1.54, 1.807) is 0 Å². The van der Waals surface area contributed by atoms with Crippen molar-refractivity contribution in [1.29, 1.82) is 0 Å². The minimum absolute atomic E-state index is 0.325. The molecule has 0 aromatic carbocycles. The van der Waals surface area contributed by atoms with E-state index in [4.69, 9.17) is 9.84 Å². The van der Waals surface area contributed by atoms with E-state index in [2.05, 4.69) is 20.8 Å². The standard InChI is InChI=1S/C16H30O4/c1-4-5-6-7-11-14(16(18)19)20-15(17)12-9-8-10-13(2)3/h13-14H,4-12H2,1-3H3,(H,18,19). The molecular weight excluding hydrogens is 256 g/mol. The van der Waals surface area contributed by atoms with Crippen LogP contribution in [0, 0.1) is 5.92 Å². The fraction of sp³-hybridized carbons (Fsp3) is 0.875. The summed E-state index contributed by atoms with van der Waals surface area (Å²) >= 11 is 0. The monoisotopic (exact) mass is 286 g/mol. The van der Waals surface area contributed by atoms with Gasteiger partial charge >= 0.3 is 11.9 Å². The Morgan fingerprint density at radius 3 is 2.20 bits per heavy atom. The zero-order valence-electron chi connectivity index (χ0n) is 13.2. The molecule has 0 aromatic heterocycles. The van der Waals surface area contributed by atoms with Gasteiger partial charge in [-0.25, -0.2) is 4.79 Å². The van der Waals surface area contributed by atoms with Crippen molar-refractivity contribution < 1.29 is 19.4 Å². The van der Waals surface area contributed by atoms with Crippen molar-refractivity contribution in [2.24, 2.45) is 5.92 Å². The van der Waals surface area contributed by atoms with E-state index < -0.39 is 12.1 Å². The highest BCUT2D eigenvalue weighted by atomic mass is 16.6. The predicted molar refractivity (Wildman–Crippen MR) is 79.6 cm³/mol. The fourth-order valence-electron chi connectivity index (χ4n) is 2.03. The van der Waals surface area contributed by atoms with Crippen molar-refractivity contribution in [2.75, 3.05) is 0 Å². The summed E-state index contributed by atoms with van der Waals surface area (Å²) in [6.07, 6.45) is 6.62. The molecule has 1 unspecified atom stereocenters. The van der Waals surface area contributed by atoms with E-state index in [1.807, 2.05) is 0 Å². The number of hydrogen-bond donors (Lipinski definition) is 1. The lowest BCUT2D eigenvalue weighted by atomic mass is 10.1. The highest BCUT2D eigenvalue weighted by Gasteiger charge is 2.21. The van der Waals surface area contributed by atoms with Gasteiger partial charge in [0.2, 0.25) is 0 Å². The second-order valence-electron chi connectivity index (χ2n) is 5.81. The topological polar surface area (TPSA) is 63.6 Å². The summed E-state index contributed by atoms with van der Waals surface area (Å²) in [5, 5.41) is 9.05. The van der Waals surface area contributed by atoms with Gasteiger partial charge in [0.25, 0.3) is 0 Å². The van der Waals surface area contributed by atoms with Crippen molar-refractivity contribution in [3.63, 3.8) is 0 Å². The third kappa shape index (κ3) is 10.8. The van der Waals surface area contributed by atoms with Gasteiger partial charge in [0.15, 0.2) is 6.10 Å². The maximum absolute atomic E-state index is 11.6. The van der Waals surface area contributed by atoms with E-state index in [9.17, 15) is 9.59 Å². The van der Waals surface area contributed by atoms with E-state index in [0.29, 0.717) is 18.8 Å². The van der Waals surface area contributed by atoms with Crippen LogP contribution in [0.3, 0.4) is 0 Å². The van der Waals surface area contributed by atoms with Crippen LogP contribution in [0.25, 0.3) is 0 Å². The average molecular weight is 286 g/mol. The Balaban J connectivity index is 3.87. The maximum Gasteiger partial charge on any atom is 0.345 e. The number of carboxylic acids is 1. The normalized spacial score (nSPS) is 12.4.